The van der Waals surface area contributed by atoms with Gasteiger partial charge in [0.15, 0.2) is 4.80 Å². The molecule has 2 aromatic carbocycles. The monoisotopic (exact) mass is 370 g/mol. The Morgan fingerprint density at radius 3 is 2.50 bits per heavy atom. The van der Waals surface area contributed by atoms with Crippen LogP contribution in [0.25, 0.3) is 10.2 Å². The minimum absolute atomic E-state index is 0.168. The zero-order valence-electron chi connectivity index (χ0n) is 15.6. The highest BCUT2D eigenvalue weighted by atomic mass is 32.1. The van der Waals surface area contributed by atoms with Gasteiger partial charge in [-0.15, -0.1) is 0 Å². The van der Waals surface area contributed by atoms with Crippen LogP contribution in [0.1, 0.15) is 16.7 Å². The van der Waals surface area contributed by atoms with Gasteiger partial charge in [0.25, 0.3) is 5.91 Å². The molecule has 0 radical (unpaired) electrons. The highest BCUT2D eigenvalue weighted by Gasteiger charge is 2.14. The molecule has 0 spiro atoms. The first kappa shape index (κ1) is 18.2. The maximum atomic E-state index is 12.5. The SMILES string of the molecule is COc1ccc(OC)c2c1sc(=NC(=O)Cc1cc(C)ccc1C)n2C. The number of hydrogen-bond acceptors (Lipinski definition) is 4. The fraction of sp³-hybridized carbons (Fsp3) is 0.300. The number of benzene rings is 2. The summed E-state index contributed by atoms with van der Waals surface area (Å²) in [6.07, 6.45) is 0.288. The zero-order chi connectivity index (χ0) is 18.8. The van der Waals surface area contributed by atoms with Gasteiger partial charge in [0.2, 0.25) is 0 Å². The van der Waals surface area contributed by atoms with E-state index in [2.05, 4.69) is 4.99 Å². The van der Waals surface area contributed by atoms with E-state index in [1.165, 1.54) is 11.3 Å². The second-order valence-electron chi connectivity index (χ2n) is 6.20. The van der Waals surface area contributed by atoms with Gasteiger partial charge in [0.1, 0.15) is 21.7 Å². The van der Waals surface area contributed by atoms with Crippen LogP contribution >= 0.6 is 11.3 Å². The van der Waals surface area contributed by atoms with E-state index in [9.17, 15) is 4.79 Å². The maximum Gasteiger partial charge on any atom is 0.252 e. The molecule has 1 heterocycles. The third-order valence-electron chi connectivity index (χ3n) is 4.38. The Bertz CT molecular complexity index is 1050. The van der Waals surface area contributed by atoms with Crippen molar-refractivity contribution >= 4 is 27.5 Å². The molecule has 0 aliphatic carbocycles. The van der Waals surface area contributed by atoms with Crippen LogP contribution in [-0.4, -0.2) is 24.7 Å². The van der Waals surface area contributed by atoms with E-state index in [0.29, 0.717) is 4.80 Å². The first-order chi connectivity index (χ1) is 12.4. The lowest BCUT2D eigenvalue weighted by molar-refractivity contribution is -0.117. The number of carbonyl (C=O) groups is 1. The van der Waals surface area contributed by atoms with Crippen molar-refractivity contribution in [1.82, 2.24) is 4.57 Å². The highest BCUT2D eigenvalue weighted by Crippen LogP contribution is 2.34. The smallest absolute Gasteiger partial charge is 0.252 e. The predicted octanol–water partition coefficient (Wildman–Crippen LogP) is 3.54. The number of nitrogens with zero attached hydrogens (tertiary/aromatic N) is 2. The molecule has 26 heavy (non-hydrogen) atoms. The zero-order valence-corrected chi connectivity index (χ0v) is 16.4. The molecule has 136 valence electrons. The van der Waals surface area contributed by atoms with Gasteiger partial charge in [-0.05, 0) is 37.1 Å². The van der Waals surface area contributed by atoms with Gasteiger partial charge in [-0.2, -0.15) is 4.99 Å². The van der Waals surface area contributed by atoms with Crippen molar-refractivity contribution in [3.05, 3.63) is 51.8 Å². The Labute approximate surface area is 156 Å². The topological polar surface area (TPSA) is 52.8 Å². The van der Waals surface area contributed by atoms with Crippen LogP contribution in [0.15, 0.2) is 35.3 Å². The predicted molar refractivity (Wildman–Crippen MR) is 104 cm³/mol. The van der Waals surface area contributed by atoms with E-state index in [-0.39, 0.29) is 12.3 Å². The van der Waals surface area contributed by atoms with E-state index >= 15 is 0 Å². The normalized spacial score (nSPS) is 11.8. The lowest BCUT2D eigenvalue weighted by atomic mass is 10.0. The van der Waals surface area contributed by atoms with Crippen LogP contribution in [0.2, 0.25) is 0 Å². The van der Waals surface area contributed by atoms with E-state index in [1.807, 2.05) is 55.8 Å². The van der Waals surface area contributed by atoms with Crippen molar-refractivity contribution < 1.29 is 14.3 Å². The van der Waals surface area contributed by atoms with Crippen LogP contribution in [0.4, 0.5) is 0 Å². The van der Waals surface area contributed by atoms with Gasteiger partial charge >= 0.3 is 0 Å². The number of ether oxygens (including phenoxy) is 2. The van der Waals surface area contributed by atoms with Crippen molar-refractivity contribution in [1.29, 1.82) is 0 Å². The van der Waals surface area contributed by atoms with Gasteiger partial charge in [-0.25, -0.2) is 0 Å². The lowest BCUT2D eigenvalue weighted by Gasteiger charge is -2.06. The quantitative estimate of drug-likeness (QED) is 0.706. The number of aromatic nitrogens is 1. The molecule has 0 aliphatic rings. The number of hydrogen-bond donors (Lipinski definition) is 0. The molecule has 0 saturated carbocycles. The number of methoxy groups -OCH3 is 2. The van der Waals surface area contributed by atoms with Crippen molar-refractivity contribution in [2.45, 2.75) is 20.3 Å². The Morgan fingerprint density at radius 1 is 1.12 bits per heavy atom. The summed E-state index contributed by atoms with van der Waals surface area (Å²) in [5.41, 5.74) is 4.12. The van der Waals surface area contributed by atoms with Crippen LogP contribution in [0, 0.1) is 13.8 Å². The van der Waals surface area contributed by atoms with Crippen molar-refractivity contribution in [3.8, 4) is 11.5 Å². The van der Waals surface area contributed by atoms with Gasteiger partial charge < -0.3 is 14.0 Å². The molecule has 6 heteroatoms. The summed E-state index contributed by atoms with van der Waals surface area (Å²) in [5.74, 6) is 1.30. The van der Waals surface area contributed by atoms with Gasteiger partial charge in [0, 0.05) is 7.05 Å². The summed E-state index contributed by atoms with van der Waals surface area (Å²) in [4.78, 5) is 17.5. The molecule has 3 rings (SSSR count). The molecule has 1 aromatic heterocycles. The molecule has 3 aromatic rings. The molecule has 5 nitrogen and oxygen atoms in total. The number of amides is 1. The van der Waals surface area contributed by atoms with E-state index in [0.717, 1.165) is 38.4 Å². The largest absolute Gasteiger partial charge is 0.495 e. The fourth-order valence-electron chi connectivity index (χ4n) is 2.93. The van der Waals surface area contributed by atoms with E-state index in [1.54, 1.807) is 14.2 Å². The van der Waals surface area contributed by atoms with Gasteiger partial charge in [0.05, 0.1) is 20.6 Å². The number of carbonyl (C=O) groups excluding carboxylic acids is 1. The number of thiazole rings is 1. The summed E-state index contributed by atoms with van der Waals surface area (Å²) in [6.45, 7) is 4.03. The van der Waals surface area contributed by atoms with Crippen molar-refractivity contribution in [3.63, 3.8) is 0 Å². The second kappa shape index (κ2) is 7.33. The Kier molecular flexibility index (Phi) is 5.13. The molecule has 0 fully saturated rings. The first-order valence-electron chi connectivity index (χ1n) is 8.28. The summed E-state index contributed by atoms with van der Waals surface area (Å²) in [6, 6.07) is 9.84. The minimum Gasteiger partial charge on any atom is -0.495 e. The van der Waals surface area contributed by atoms with Crippen LogP contribution in [-0.2, 0) is 18.3 Å². The Morgan fingerprint density at radius 2 is 1.81 bits per heavy atom. The molecule has 1 amide bonds. The van der Waals surface area contributed by atoms with Gasteiger partial charge in [-0.3, -0.25) is 4.79 Å². The van der Waals surface area contributed by atoms with Crippen LogP contribution in [0.5, 0.6) is 11.5 Å². The molecular formula is C20H22N2O3S. The molecule has 0 bridgehead atoms. The Hall–Kier alpha value is -2.60. The molecule has 0 N–H and O–H groups in total. The molecule has 0 aliphatic heterocycles. The first-order valence-corrected chi connectivity index (χ1v) is 9.10. The summed E-state index contributed by atoms with van der Waals surface area (Å²) in [5, 5.41) is 0. The highest BCUT2D eigenvalue weighted by molar-refractivity contribution is 7.16. The van der Waals surface area contributed by atoms with E-state index in [4.69, 9.17) is 9.47 Å². The third-order valence-corrected chi connectivity index (χ3v) is 5.53. The van der Waals surface area contributed by atoms with Crippen LogP contribution < -0.4 is 14.3 Å². The number of rotatable bonds is 4. The lowest BCUT2D eigenvalue weighted by Crippen LogP contribution is -2.14. The molecule has 0 atom stereocenters. The fourth-order valence-corrected chi connectivity index (χ4v) is 4.07. The standard InChI is InChI=1S/C20H22N2O3S/c1-12-6-7-13(2)14(10-12)11-17(23)21-20-22(3)18-15(24-4)8-9-16(25-5)19(18)26-20/h6-10H,11H2,1-5H3. The number of aryl methyl sites for hydroxylation is 3. The summed E-state index contributed by atoms with van der Waals surface area (Å²) in [7, 11) is 5.13. The molecule has 0 saturated heterocycles. The molecule has 0 unspecified atom stereocenters. The van der Waals surface area contributed by atoms with Gasteiger partial charge in [-0.1, -0.05) is 35.1 Å². The average molecular weight is 370 g/mol. The van der Waals surface area contributed by atoms with Crippen molar-refractivity contribution in [2.75, 3.05) is 14.2 Å². The third kappa shape index (κ3) is 3.37. The Balaban J connectivity index is 2.05. The number of fused-ring (bicyclic) bond motifs is 1. The summed E-state index contributed by atoms with van der Waals surface area (Å²) >= 11 is 1.42. The average Bonchev–Trinajstić information content (AvgIpc) is 2.94. The van der Waals surface area contributed by atoms with E-state index < -0.39 is 0 Å². The van der Waals surface area contributed by atoms with Crippen molar-refractivity contribution in [2.24, 2.45) is 12.0 Å². The minimum atomic E-state index is -0.168. The summed E-state index contributed by atoms with van der Waals surface area (Å²) < 4.78 is 13.7. The van der Waals surface area contributed by atoms with Crippen LogP contribution in [0.3, 0.4) is 0 Å². The maximum absolute atomic E-state index is 12.5. The molecular weight excluding hydrogens is 348 g/mol. The second-order valence-corrected chi connectivity index (χ2v) is 7.18.